The average molecular weight is 289 g/mol. The van der Waals surface area contributed by atoms with Gasteiger partial charge in [-0.15, -0.1) is 11.8 Å². The van der Waals surface area contributed by atoms with Crippen LogP contribution in [0.4, 0.5) is 0 Å². The van der Waals surface area contributed by atoms with Crippen molar-refractivity contribution in [2.45, 2.75) is 31.8 Å². The third kappa shape index (κ3) is 8.22. The van der Waals surface area contributed by atoms with Crippen molar-refractivity contribution in [2.75, 3.05) is 5.75 Å². The zero-order valence-electron chi connectivity index (χ0n) is 10.6. The molecule has 0 radical (unpaired) electrons. The van der Waals surface area contributed by atoms with Crippen LogP contribution in [-0.2, 0) is 14.4 Å². The maximum absolute atomic E-state index is 11.4. The molecular weight excluding hydrogens is 272 g/mol. The van der Waals surface area contributed by atoms with Crippen LogP contribution in [0.25, 0.3) is 0 Å². The standard InChI is InChI=1S/C11H18N2O5S/c1-2-5-19-6-8(11(17)18)13-9(14)4-3-7(12)10(15)16/h2,5,7-8H,3-4,6,12H2,1H3,(H,13,14)(H,15,16)(H,17,18)/p-1/b5-2+/t7-,8-/m0/s1. The first-order chi connectivity index (χ1) is 8.88. The summed E-state index contributed by atoms with van der Waals surface area (Å²) in [7, 11) is 0. The van der Waals surface area contributed by atoms with Crippen molar-refractivity contribution in [1.82, 2.24) is 5.32 Å². The van der Waals surface area contributed by atoms with Gasteiger partial charge in [0, 0.05) is 18.6 Å². The summed E-state index contributed by atoms with van der Waals surface area (Å²) in [5, 5.41) is 25.2. The molecule has 19 heavy (non-hydrogen) atoms. The van der Waals surface area contributed by atoms with Gasteiger partial charge in [0.2, 0.25) is 5.91 Å². The van der Waals surface area contributed by atoms with Crippen molar-refractivity contribution < 1.29 is 30.3 Å². The Bertz CT molecular complexity index is 359. The summed E-state index contributed by atoms with van der Waals surface area (Å²) < 4.78 is 0. The van der Waals surface area contributed by atoms with E-state index in [2.05, 4.69) is 11.1 Å². The lowest BCUT2D eigenvalue weighted by molar-refractivity contribution is -0.438. The maximum Gasteiger partial charge on any atom is 0.220 e. The first-order valence-corrected chi connectivity index (χ1v) is 6.70. The van der Waals surface area contributed by atoms with E-state index >= 15 is 0 Å². The molecule has 7 nitrogen and oxygen atoms in total. The zero-order chi connectivity index (χ0) is 14.8. The maximum atomic E-state index is 11.4. The highest BCUT2D eigenvalue weighted by molar-refractivity contribution is 8.02. The number of carbonyl (C=O) groups excluding carboxylic acids is 3. The molecule has 2 atom stereocenters. The van der Waals surface area contributed by atoms with Gasteiger partial charge in [-0.05, 0) is 12.3 Å². The van der Waals surface area contributed by atoms with Gasteiger partial charge in [0.1, 0.15) is 6.04 Å². The Morgan fingerprint density at radius 2 is 1.95 bits per heavy atom. The molecule has 0 aromatic rings. The van der Waals surface area contributed by atoms with Crippen LogP contribution in [0.2, 0.25) is 0 Å². The Labute approximate surface area is 115 Å². The molecule has 0 aromatic heterocycles. The minimum absolute atomic E-state index is 0.00403. The summed E-state index contributed by atoms with van der Waals surface area (Å²) in [6.45, 7) is 1.79. The molecule has 0 spiro atoms. The van der Waals surface area contributed by atoms with E-state index in [4.69, 9.17) is 0 Å². The summed E-state index contributed by atoms with van der Waals surface area (Å²) in [4.78, 5) is 32.6. The summed E-state index contributed by atoms with van der Waals surface area (Å²) in [6, 6.07) is -2.11. The van der Waals surface area contributed by atoms with Crippen molar-refractivity contribution in [2.24, 2.45) is 0 Å². The molecule has 0 saturated heterocycles. The number of carbonyl (C=O) groups is 3. The highest BCUT2D eigenvalue weighted by Crippen LogP contribution is 2.05. The van der Waals surface area contributed by atoms with Gasteiger partial charge in [0.15, 0.2) is 0 Å². The van der Waals surface area contributed by atoms with Gasteiger partial charge >= 0.3 is 0 Å². The Kier molecular flexibility index (Phi) is 8.64. The molecule has 0 aliphatic heterocycles. The molecule has 0 rings (SSSR count). The lowest BCUT2D eigenvalue weighted by Crippen LogP contribution is -2.68. The van der Waals surface area contributed by atoms with Gasteiger partial charge in [-0.1, -0.05) is 6.08 Å². The van der Waals surface area contributed by atoms with Gasteiger partial charge in [0.25, 0.3) is 0 Å². The number of nitrogens with one attached hydrogen (secondary N) is 1. The predicted octanol–water partition coefficient (Wildman–Crippen LogP) is -3.37. The molecular formula is C11H17N2O5S-. The quantitative estimate of drug-likeness (QED) is 0.454. The molecule has 0 unspecified atom stereocenters. The molecule has 0 aliphatic rings. The van der Waals surface area contributed by atoms with Crippen LogP contribution in [0.3, 0.4) is 0 Å². The highest BCUT2D eigenvalue weighted by atomic mass is 32.2. The first kappa shape index (κ1) is 17.5. The number of rotatable bonds is 9. The molecule has 0 aliphatic carbocycles. The fraction of sp³-hybridized carbons (Fsp3) is 0.545. The number of thioether (sulfide) groups is 1. The van der Waals surface area contributed by atoms with Crippen molar-refractivity contribution >= 4 is 29.6 Å². The fourth-order valence-corrected chi connectivity index (χ4v) is 1.82. The molecule has 1 amide bonds. The lowest BCUT2D eigenvalue weighted by Gasteiger charge is -2.19. The lowest BCUT2D eigenvalue weighted by atomic mass is 10.1. The van der Waals surface area contributed by atoms with Crippen molar-refractivity contribution in [1.29, 1.82) is 0 Å². The Hall–Kier alpha value is -1.54. The first-order valence-electron chi connectivity index (χ1n) is 5.65. The van der Waals surface area contributed by atoms with Gasteiger partial charge in [-0.2, -0.15) is 0 Å². The topological polar surface area (TPSA) is 137 Å². The van der Waals surface area contributed by atoms with Crippen LogP contribution < -0.4 is 21.3 Å². The van der Waals surface area contributed by atoms with E-state index in [9.17, 15) is 24.6 Å². The molecule has 0 aromatic carbocycles. The summed E-state index contributed by atoms with van der Waals surface area (Å²) >= 11 is 1.23. The molecule has 0 saturated carbocycles. The SMILES string of the molecule is C/C=C/SC[C@H](NC(=O)CC[C@H]([NH3+])C(=O)[O-])C(=O)[O-]. The van der Waals surface area contributed by atoms with E-state index < -0.39 is 29.9 Å². The third-order valence-electron chi connectivity index (χ3n) is 2.17. The number of allylic oxidation sites excluding steroid dienone is 1. The number of aliphatic carboxylic acids is 2. The number of carboxylic acids is 2. The molecule has 8 heteroatoms. The average Bonchev–Trinajstić information content (AvgIpc) is 2.34. The van der Waals surface area contributed by atoms with E-state index in [1.54, 1.807) is 18.4 Å². The monoisotopic (exact) mass is 289 g/mol. The highest BCUT2D eigenvalue weighted by Gasteiger charge is 2.15. The van der Waals surface area contributed by atoms with Gasteiger partial charge in [-0.3, -0.25) is 4.79 Å². The van der Waals surface area contributed by atoms with E-state index in [-0.39, 0.29) is 18.6 Å². The largest absolute Gasteiger partial charge is 0.548 e. The number of carboxylic acid groups (broad SMARTS) is 2. The van der Waals surface area contributed by atoms with Gasteiger partial charge in [-0.25, -0.2) is 0 Å². The van der Waals surface area contributed by atoms with Crippen LogP contribution in [0.1, 0.15) is 19.8 Å². The second-order valence-electron chi connectivity index (χ2n) is 3.80. The zero-order valence-corrected chi connectivity index (χ0v) is 11.4. The molecule has 4 N–H and O–H groups in total. The minimum Gasteiger partial charge on any atom is -0.548 e. The van der Waals surface area contributed by atoms with Crippen LogP contribution >= 0.6 is 11.8 Å². The van der Waals surface area contributed by atoms with E-state index in [1.165, 1.54) is 11.8 Å². The predicted molar refractivity (Wildman–Crippen MR) is 65.1 cm³/mol. The molecule has 108 valence electrons. The van der Waals surface area contributed by atoms with Gasteiger partial charge < -0.3 is 30.9 Å². The minimum atomic E-state index is -1.38. The Balaban J connectivity index is 4.17. The van der Waals surface area contributed by atoms with E-state index in [1.807, 2.05) is 0 Å². The Morgan fingerprint density at radius 3 is 2.42 bits per heavy atom. The number of hydrogen-bond donors (Lipinski definition) is 2. The fourth-order valence-electron chi connectivity index (χ4n) is 1.11. The normalized spacial score (nSPS) is 14.0. The second kappa shape index (κ2) is 9.40. The van der Waals surface area contributed by atoms with Crippen molar-refractivity contribution in [3.63, 3.8) is 0 Å². The number of quaternary nitrogens is 1. The second-order valence-corrected chi connectivity index (χ2v) is 4.74. The van der Waals surface area contributed by atoms with Crippen molar-refractivity contribution in [3.8, 4) is 0 Å². The summed E-state index contributed by atoms with van der Waals surface area (Å²) in [5.74, 6) is -3.12. The molecule has 0 fully saturated rings. The third-order valence-corrected chi connectivity index (χ3v) is 3.16. The molecule has 0 heterocycles. The number of hydrogen-bond acceptors (Lipinski definition) is 6. The summed E-state index contributed by atoms with van der Waals surface area (Å²) in [5.41, 5.74) is 3.30. The van der Waals surface area contributed by atoms with E-state index in [0.29, 0.717) is 0 Å². The van der Waals surface area contributed by atoms with Crippen LogP contribution in [0.5, 0.6) is 0 Å². The van der Waals surface area contributed by atoms with E-state index in [0.717, 1.165) is 0 Å². The Morgan fingerprint density at radius 1 is 1.32 bits per heavy atom. The van der Waals surface area contributed by atoms with Crippen LogP contribution in [0, 0.1) is 0 Å². The summed E-state index contributed by atoms with van der Waals surface area (Å²) in [6.07, 6.45) is 1.61. The molecule has 0 bridgehead atoms. The smallest absolute Gasteiger partial charge is 0.220 e. The van der Waals surface area contributed by atoms with Crippen molar-refractivity contribution in [3.05, 3.63) is 11.5 Å². The van der Waals surface area contributed by atoms with Crippen LogP contribution in [-0.4, -0.2) is 35.7 Å². The van der Waals surface area contributed by atoms with Gasteiger partial charge in [0.05, 0.1) is 18.0 Å². The number of amides is 1. The van der Waals surface area contributed by atoms with Crippen LogP contribution in [0.15, 0.2) is 11.5 Å².